The third-order valence-corrected chi connectivity index (χ3v) is 3.68. The van der Waals surface area contributed by atoms with Crippen molar-refractivity contribution in [1.29, 1.82) is 0 Å². The van der Waals surface area contributed by atoms with Crippen LogP contribution in [0.2, 0.25) is 0 Å². The first-order valence-corrected chi connectivity index (χ1v) is 6.19. The molecule has 3 unspecified atom stereocenters. The Labute approximate surface area is 97.6 Å². The van der Waals surface area contributed by atoms with Crippen molar-refractivity contribution in [2.45, 2.75) is 45.2 Å². The molecule has 0 aromatic rings. The monoisotopic (exact) mass is 225 g/mol. The van der Waals surface area contributed by atoms with Crippen molar-refractivity contribution < 1.29 is 4.79 Å². The molecule has 2 fully saturated rings. The summed E-state index contributed by atoms with van der Waals surface area (Å²) < 4.78 is 0. The molecule has 4 nitrogen and oxygen atoms in total. The molecule has 0 aromatic carbocycles. The smallest absolute Gasteiger partial charge is 0.317 e. The molecule has 16 heavy (non-hydrogen) atoms. The molecule has 0 radical (unpaired) electrons. The number of amides is 2. The van der Waals surface area contributed by atoms with Gasteiger partial charge in [0.1, 0.15) is 0 Å². The maximum Gasteiger partial charge on any atom is 0.317 e. The zero-order chi connectivity index (χ0) is 11.9. The number of carbonyl (C=O) groups excluding carboxylic acids is 1. The first-order chi connectivity index (χ1) is 7.37. The number of hydrogen-bond acceptors (Lipinski definition) is 2. The maximum atomic E-state index is 12.0. The number of nitrogens with one attached hydrogen (secondary N) is 1. The number of nitrogens with two attached hydrogens (primary N) is 1. The Kier molecular flexibility index (Phi) is 2.86. The van der Waals surface area contributed by atoms with Crippen LogP contribution in [-0.4, -0.2) is 35.6 Å². The SMILES string of the molecule is CC(C)(C)NC(=O)N1CC2CCC(N)C2C1. The van der Waals surface area contributed by atoms with Crippen molar-refractivity contribution in [3.8, 4) is 0 Å². The number of carbonyl (C=O) groups is 1. The standard InChI is InChI=1S/C12H23N3O/c1-12(2,3)14-11(16)15-6-8-4-5-10(13)9(8)7-15/h8-10H,4-7,13H2,1-3H3,(H,14,16). The zero-order valence-corrected chi connectivity index (χ0v) is 10.5. The second-order valence-corrected chi connectivity index (χ2v) is 6.25. The van der Waals surface area contributed by atoms with Crippen molar-refractivity contribution in [3.63, 3.8) is 0 Å². The van der Waals surface area contributed by atoms with Crippen molar-refractivity contribution >= 4 is 6.03 Å². The normalized spacial score (nSPS) is 34.0. The van der Waals surface area contributed by atoms with Gasteiger partial charge in [-0.1, -0.05) is 0 Å². The van der Waals surface area contributed by atoms with Gasteiger partial charge in [0.2, 0.25) is 0 Å². The summed E-state index contributed by atoms with van der Waals surface area (Å²) in [6.07, 6.45) is 2.31. The van der Waals surface area contributed by atoms with Gasteiger partial charge in [0.15, 0.2) is 0 Å². The molecule has 3 N–H and O–H groups in total. The minimum absolute atomic E-state index is 0.0640. The molecule has 1 heterocycles. The van der Waals surface area contributed by atoms with Crippen LogP contribution in [-0.2, 0) is 0 Å². The lowest BCUT2D eigenvalue weighted by Gasteiger charge is -2.26. The van der Waals surface area contributed by atoms with Gasteiger partial charge in [-0.3, -0.25) is 0 Å². The maximum absolute atomic E-state index is 12.0. The minimum atomic E-state index is -0.156. The van der Waals surface area contributed by atoms with Crippen LogP contribution in [0.15, 0.2) is 0 Å². The van der Waals surface area contributed by atoms with E-state index in [9.17, 15) is 4.79 Å². The van der Waals surface area contributed by atoms with Gasteiger partial charge in [-0.2, -0.15) is 0 Å². The predicted molar refractivity (Wildman–Crippen MR) is 64.0 cm³/mol. The highest BCUT2D eigenvalue weighted by Gasteiger charge is 2.42. The number of hydrogen-bond donors (Lipinski definition) is 2. The minimum Gasteiger partial charge on any atom is -0.333 e. The molecule has 2 amide bonds. The predicted octanol–water partition coefficient (Wildman–Crippen LogP) is 1.16. The van der Waals surface area contributed by atoms with Crippen LogP contribution in [0.4, 0.5) is 4.79 Å². The van der Waals surface area contributed by atoms with E-state index in [2.05, 4.69) is 5.32 Å². The molecule has 0 aromatic heterocycles. The highest BCUT2D eigenvalue weighted by atomic mass is 16.2. The molecule has 4 heteroatoms. The zero-order valence-electron chi connectivity index (χ0n) is 10.5. The van der Waals surface area contributed by atoms with Gasteiger partial charge >= 0.3 is 6.03 Å². The molecule has 92 valence electrons. The molecule has 1 saturated heterocycles. The summed E-state index contributed by atoms with van der Waals surface area (Å²) in [6.45, 7) is 7.75. The first-order valence-electron chi connectivity index (χ1n) is 6.19. The van der Waals surface area contributed by atoms with E-state index in [0.29, 0.717) is 17.9 Å². The van der Waals surface area contributed by atoms with Gasteiger partial charge in [-0.25, -0.2) is 4.79 Å². The number of fused-ring (bicyclic) bond motifs is 1. The Morgan fingerprint density at radius 2 is 2.00 bits per heavy atom. The highest BCUT2D eigenvalue weighted by Crippen LogP contribution is 2.37. The van der Waals surface area contributed by atoms with Crippen LogP contribution in [0.5, 0.6) is 0 Å². The number of urea groups is 1. The van der Waals surface area contributed by atoms with Crippen molar-refractivity contribution in [1.82, 2.24) is 10.2 Å². The van der Waals surface area contributed by atoms with E-state index in [1.807, 2.05) is 25.7 Å². The molecule has 1 aliphatic carbocycles. The van der Waals surface area contributed by atoms with Gasteiger partial charge in [-0.05, 0) is 45.4 Å². The van der Waals surface area contributed by atoms with Crippen LogP contribution < -0.4 is 11.1 Å². The van der Waals surface area contributed by atoms with Gasteiger partial charge < -0.3 is 16.0 Å². The molecule has 2 rings (SSSR count). The quantitative estimate of drug-likeness (QED) is 0.650. The molecule has 2 aliphatic rings. The van der Waals surface area contributed by atoms with E-state index in [0.717, 1.165) is 19.5 Å². The van der Waals surface area contributed by atoms with Crippen molar-refractivity contribution in [2.24, 2.45) is 17.6 Å². The Hall–Kier alpha value is -0.770. The Morgan fingerprint density at radius 1 is 1.31 bits per heavy atom. The van der Waals surface area contributed by atoms with Crippen molar-refractivity contribution in [3.05, 3.63) is 0 Å². The second-order valence-electron chi connectivity index (χ2n) is 6.25. The van der Waals surface area contributed by atoms with Crippen LogP contribution in [0.3, 0.4) is 0 Å². The molecule has 1 aliphatic heterocycles. The van der Waals surface area contributed by atoms with Crippen LogP contribution in [0, 0.1) is 11.8 Å². The molecule has 0 bridgehead atoms. The average molecular weight is 225 g/mol. The fraction of sp³-hybridized carbons (Fsp3) is 0.917. The molecular formula is C12H23N3O. The fourth-order valence-electron chi connectivity index (χ4n) is 2.87. The Bertz CT molecular complexity index is 284. The lowest BCUT2D eigenvalue weighted by atomic mass is 9.98. The van der Waals surface area contributed by atoms with E-state index in [1.54, 1.807) is 0 Å². The van der Waals surface area contributed by atoms with Crippen LogP contribution >= 0.6 is 0 Å². The lowest BCUT2D eigenvalue weighted by Crippen LogP contribution is -2.48. The van der Waals surface area contributed by atoms with Gasteiger partial charge in [0, 0.05) is 24.7 Å². The summed E-state index contributed by atoms with van der Waals surface area (Å²) in [5, 5.41) is 3.01. The Morgan fingerprint density at radius 3 is 2.56 bits per heavy atom. The Balaban J connectivity index is 1.92. The third-order valence-electron chi connectivity index (χ3n) is 3.68. The summed E-state index contributed by atoms with van der Waals surface area (Å²) in [5.41, 5.74) is 5.90. The first kappa shape index (κ1) is 11.7. The average Bonchev–Trinajstić information content (AvgIpc) is 2.65. The second kappa shape index (κ2) is 3.91. The lowest BCUT2D eigenvalue weighted by molar-refractivity contribution is 0.195. The largest absolute Gasteiger partial charge is 0.333 e. The number of rotatable bonds is 0. The van der Waals surface area contributed by atoms with E-state index >= 15 is 0 Å². The fourth-order valence-corrected chi connectivity index (χ4v) is 2.87. The molecule has 3 atom stereocenters. The highest BCUT2D eigenvalue weighted by molar-refractivity contribution is 5.75. The molecule has 1 saturated carbocycles. The van der Waals surface area contributed by atoms with E-state index in [-0.39, 0.29) is 11.6 Å². The third kappa shape index (κ3) is 2.32. The summed E-state index contributed by atoms with van der Waals surface area (Å²) in [6, 6.07) is 0.367. The van der Waals surface area contributed by atoms with Gasteiger partial charge in [0.05, 0.1) is 0 Å². The summed E-state index contributed by atoms with van der Waals surface area (Å²) in [4.78, 5) is 13.9. The van der Waals surface area contributed by atoms with Crippen LogP contribution in [0.1, 0.15) is 33.6 Å². The summed E-state index contributed by atoms with van der Waals surface area (Å²) in [5.74, 6) is 1.17. The van der Waals surface area contributed by atoms with E-state index in [1.165, 1.54) is 6.42 Å². The topological polar surface area (TPSA) is 58.4 Å². The summed E-state index contributed by atoms with van der Waals surface area (Å²) >= 11 is 0. The molecular weight excluding hydrogens is 202 g/mol. The van der Waals surface area contributed by atoms with Crippen molar-refractivity contribution in [2.75, 3.05) is 13.1 Å². The van der Waals surface area contributed by atoms with E-state index in [4.69, 9.17) is 5.73 Å². The van der Waals surface area contributed by atoms with Gasteiger partial charge in [0.25, 0.3) is 0 Å². The summed E-state index contributed by atoms with van der Waals surface area (Å²) in [7, 11) is 0. The number of likely N-dealkylation sites (tertiary alicyclic amines) is 1. The van der Waals surface area contributed by atoms with Gasteiger partial charge in [-0.15, -0.1) is 0 Å². The molecule has 0 spiro atoms. The number of nitrogens with zero attached hydrogens (tertiary/aromatic N) is 1. The van der Waals surface area contributed by atoms with E-state index < -0.39 is 0 Å². The van der Waals surface area contributed by atoms with Crippen LogP contribution in [0.25, 0.3) is 0 Å².